The monoisotopic (exact) mass is 325 g/mol. The number of nitrogens with zero attached hydrogens (tertiary/aromatic N) is 3. The molecule has 0 aliphatic carbocycles. The number of carbonyl (C=O) groups is 1. The van der Waals surface area contributed by atoms with Crippen molar-refractivity contribution in [3.8, 4) is 5.75 Å². The van der Waals surface area contributed by atoms with E-state index in [4.69, 9.17) is 4.74 Å². The predicted molar refractivity (Wildman–Crippen MR) is 92.7 cm³/mol. The summed E-state index contributed by atoms with van der Waals surface area (Å²) in [6.45, 7) is 5.06. The summed E-state index contributed by atoms with van der Waals surface area (Å²) in [5.41, 5.74) is 3.20. The Kier molecular flexibility index (Phi) is 5.11. The Morgan fingerprint density at radius 1 is 1.33 bits per heavy atom. The highest BCUT2D eigenvalue weighted by molar-refractivity contribution is 5.78. The van der Waals surface area contributed by atoms with Gasteiger partial charge in [-0.1, -0.05) is 18.2 Å². The first-order chi connectivity index (χ1) is 11.6. The molecule has 126 valence electrons. The summed E-state index contributed by atoms with van der Waals surface area (Å²) in [5, 5.41) is 0. The quantitative estimate of drug-likeness (QED) is 0.865. The predicted octanol–water partition coefficient (Wildman–Crippen LogP) is 2.24. The minimum absolute atomic E-state index is 0.115. The third-order valence-electron chi connectivity index (χ3n) is 4.20. The van der Waals surface area contributed by atoms with Crippen molar-refractivity contribution in [1.29, 1.82) is 0 Å². The average Bonchev–Trinajstić information content (AvgIpc) is 2.76. The van der Waals surface area contributed by atoms with Crippen LogP contribution in [0.2, 0.25) is 0 Å². The second-order valence-corrected chi connectivity index (χ2v) is 6.22. The molecule has 3 rings (SSSR count). The lowest BCUT2D eigenvalue weighted by Crippen LogP contribution is -2.38. The van der Waals surface area contributed by atoms with Gasteiger partial charge in [0, 0.05) is 44.1 Å². The van der Waals surface area contributed by atoms with Gasteiger partial charge in [0.15, 0.2) is 0 Å². The summed E-state index contributed by atoms with van der Waals surface area (Å²) in [6, 6.07) is 12.0. The van der Waals surface area contributed by atoms with Gasteiger partial charge in [0.05, 0.1) is 6.54 Å². The van der Waals surface area contributed by atoms with Crippen LogP contribution in [0.15, 0.2) is 42.6 Å². The van der Waals surface area contributed by atoms with Crippen LogP contribution in [0.1, 0.15) is 16.8 Å². The molecule has 1 aromatic heterocycles. The molecule has 0 saturated carbocycles. The number of likely N-dealkylation sites (N-methyl/N-ethyl adjacent to an activating group) is 1. The third kappa shape index (κ3) is 4.11. The van der Waals surface area contributed by atoms with Gasteiger partial charge in [-0.15, -0.1) is 0 Å². The highest BCUT2D eigenvalue weighted by Gasteiger charge is 2.19. The largest absolute Gasteiger partial charge is 0.492 e. The van der Waals surface area contributed by atoms with Gasteiger partial charge in [-0.2, -0.15) is 0 Å². The van der Waals surface area contributed by atoms with Gasteiger partial charge in [0.2, 0.25) is 5.91 Å². The van der Waals surface area contributed by atoms with Crippen LogP contribution in [0.25, 0.3) is 0 Å². The number of carbonyl (C=O) groups excluding carboxylic acids is 1. The molecule has 2 aromatic rings. The lowest BCUT2D eigenvalue weighted by atomic mass is 10.2. The Hall–Kier alpha value is -2.40. The maximum absolute atomic E-state index is 12.6. The molecular weight excluding hydrogens is 302 g/mol. The van der Waals surface area contributed by atoms with Gasteiger partial charge < -0.3 is 9.64 Å². The first kappa shape index (κ1) is 16.5. The number of pyridine rings is 1. The summed E-state index contributed by atoms with van der Waals surface area (Å²) in [4.78, 5) is 20.7. The van der Waals surface area contributed by atoms with Crippen molar-refractivity contribution in [3.63, 3.8) is 0 Å². The normalized spacial score (nSPS) is 14.4. The second-order valence-electron chi connectivity index (χ2n) is 6.22. The van der Waals surface area contributed by atoms with Crippen LogP contribution in [0, 0.1) is 6.92 Å². The first-order valence-electron chi connectivity index (χ1n) is 8.20. The topological polar surface area (TPSA) is 45.7 Å². The lowest BCUT2D eigenvalue weighted by molar-refractivity contribution is -0.131. The summed E-state index contributed by atoms with van der Waals surface area (Å²) < 4.78 is 5.76. The first-order valence-corrected chi connectivity index (χ1v) is 8.20. The minimum Gasteiger partial charge on any atom is -0.492 e. The number of hydrogen-bond acceptors (Lipinski definition) is 4. The number of aryl methyl sites for hydroxylation is 1. The van der Waals surface area contributed by atoms with Crippen molar-refractivity contribution < 1.29 is 9.53 Å². The van der Waals surface area contributed by atoms with E-state index in [1.165, 1.54) is 0 Å². The number of fused-ring (bicyclic) bond motifs is 1. The number of aromatic nitrogens is 1. The molecule has 2 heterocycles. The fraction of sp³-hybridized carbons (Fsp3) is 0.368. The fourth-order valence-electron chi connectivity index (χ4n) is 2.89. The maximum Gasteiger partial charge on any atom is 0.236 e. The van der Waals surface area contributed by atoms with Crippen LogP contribution < -0.4 is 4.74 Å². The smallest absolute Gasteiger partial charge is 0.236 e. The summed E-state index contributed by atoms with van der Waals surface area (Å²) in [7, 11) is 1.85. The Balaban J connectivity index is 1.60. The van der Waals surface area contributed by atoms with Crippen molar-refractivity contribution >= 4 is 5.91 Å². The van der Waals surface area contributed by atoms with Crippen molar-refractivity contribution in [2.45, 2.75) is 20.0 Å². The number of benzene rings is 1. The van der Waals surface area contributed by atoms with Gasteiger partial charge in [-0.3, -0.25) is 14.7 Å². The Morgan fingerprint density at radius 3 is 3.00 bits per heavy atom. The van der Waals surface area contributed by atoms with Crippen molar-refractivity contribution in [2.75, 3.05) is 26.7 Å². The highest BCUT2D eigenvalue weighted by atomic mass is 16.5. The van der Waals surface area contributed by atoms with E-state index < -0.39 is 0 Å². The molecule has 1 aromatic carbocycles. The van der Waals surface area contributed by atoms with E-state index in [1.807, 2.05) is 44.3 Å². The molecule has 1 aliphatic heterocycles. The molecule has 0 radical (unpaired) electrons. The average molecular weight is 325 g/mol. The van der Waals surface area contributed by atoms with E-state index in [0.717, 1.165) is 35.7 Å². The lowest BCUT2D eigenvalue weighted by Gasteiger charge is -2.23. The van der Waals surface area contributed by atoms with E-state index in [2.05, 4.69) is 16.0 Å². The number of ether oxygens (including phenoxy) is 1. The Labute approximate surface area is 142 Å². The van der Waals surface area contributed by atoms with Gasteiger partial charge >= 0.3 is 0 Å². The van der Waals surface area contributed by atoms with E-state index in [1.54, 1.807) is 11.1 Å². The summed E-state index contributed by atoms with van der Waals surface area (Å²) in [5.74, 6) is 1.04. The molecule has 0 N–H and O–H groups in total. The van der Waals surface area contributed by atoms with Gasteiger partial charge in [-0.25, -0.2) is 0 Å². The van der Waals surface area contributed by atoms with Crippen molar-refractivity contribution in [2.24, 2.45) is 0 Å². The SMILES string of the molecule is Cc1cc(CN(C)C(=O)CN2CCOc3ccccc3C2)ccn1. The van der Waals surface area contributed by atoms with Crippen LogP contribution in [-0.2, 0) is 17.9 Å². The van der Waals surface area contributed by atoms with Crippen molar-refractivity contribution in [3.05, 3.63) is 59.4 Å². The molecule has 5 heteroatoms. The molecular formula is C19H23N3O2. The maximum atomic E-state index is 12.6. The van der Waals surface area contributed by atoms with E-state index in [0.29, 0.717) is 19.7 Å². The molecule has 1 aliphatic rings. The molecule has 0 atom stereocenters. The third-order valence-corrected chi connectivity index (χ3v) is 4.20. The Morgan fingerprint density at radius 2 is 2.17 bits per heavy atom. The van der Waals surface area contributed by atoms with Crippen LogP contribution in [0.3, 0.4) is 0 Å². The van der Waals surface area contributed by atoms with Crippen LogP contribution in [-0.4, -0.2) is 47.4 Å². The van der Waals surface area contributed by atoms with E-state index >= 15 is 0 Å². The van der Waals surface area contributed by atoms with Gasteiger partial charge in [-0.05, 0) is 30.7 Å². The number of rotatable bonds is 4. The summed E-state index contributed by atoms with van der Waals surface area (Å²) >= 11 is 0. The minimum atomic E-state index is 0.115. The highest BCUT2D eigenvalue weighted by Crippen LogP contribution is 2.22. The molecule has 24 heavy (non-hydrogen) atoms. The number of hydrogen-bond donors (Lipinski definition) is 0. The molecule has 1 amide bonds. The van der Waals surface area contributed by atoms with Crippen molar-refractivity contribution in [1.82, 2.24) is 14.8 Å². The van der Waals surface area contributed by atoms with E-state index in [9.17, 15) is 4.79 Å². The zero-order valence-corrected chi connectivity index (χ0v) is 14.2. The Bertz CT molecular complexity index is 717. The standard InChI is InChI=1S/C19H23N3O2/c1-15-11-16(7-8-20-15)12-21(2)19(23)14-22-9-10-24-18-6-4-3-5-17(18)13-22/h3-8,11H,9-10,12-14H2,1-2H3. The number of para-hydroxylation sites is 1. The fourth-order valence-corrected chi connectivity index (χ4v) is 2.89. The van der Waals surface area contributed by atoms with Crippen LogP contribution >= 0.6 is 0 Å². The zero-order valence-electron chi connectivity index (χ0n) is 14.2. The number of amides is 1. The van der Waals surface area contributed by atoms with Gasteiger partial charge in [0.1, 0.15) is 12.4 Å². The molecule has 0 spiro atoms. The zero-order chi connectivity index (χ0) is 16.9. The van der Waals surface area contributed by atoms with Crippen LogP contribution in [0.4, 0.5) is 0 Å². The summed E-state index contributed by atoms with van der Waals surface area (Å²) in [6.07, 6.45) is 1.78. The molecule has 0 bridgehead atoms. The molecule has 0 fully saturated rings. The van der Waals surface area contributed by atoms with Gasteiger partial charge in [0.25, 0.3) is 0 Å². The molecule has 0 unspecified atom stereocenters. The molecule has 0 saturated heterocycles. The van der Waals surface area contributed by atoms with Crippen LogP contribution in [0.5, 0.6) is 5.75 Å². The molecule has 5 nitrogen and oxygen atoms in total. The van der Waals surface area contributed by atoms with E-state index in [-0.39, 0.29) is 5.91 Å². The second kappa shape index (κ2) is 7.45.